The molecule has 1 fully saturated rings. The van der Waals surface area contributed by atoms with Gasteiger partial charge in [0.05, 0.1) is 28.6 Å². The lowest BCUT2D eigenvalue weighted by Gasteiger charge is -2.23. The first kappa shape index (κ1) is 28.5. The quantitative estimate of drug-likeness (QED) is 0.421. The van der Waals surface area contributed by atoms with E-state index in [1.807, 2.05) is 6.20 Å². The van der Waals surface area contributed by atoms with E-state index >= 15 is 0 Å². The van der Waals surface area contributed by atoms with Gasteiger partial charge in [0.2, 0.25) is 5.91 Å². The maximum absolute atomic E-state index is 13.8. The highest BCUT2D eigenvalue weighted by molar-refractivity contribution is 5.97. The maximum Gasteiger partial charge on any atom is 0.417 e. The number of nitrogens with one attached hydrogen (secondary N) is 1. The summed E-state index contributed by atoms with van der Waals surface area (Å²) in [6.45, 7) is 7.45. The van der Waals surface area contributed by atoms with Gasteiger partial charge < -0.3 is 10.2 Å². The number of fused-ring (bicyclic) bond motifs is 1. The Morgan fingerprint density at radius 3 is 2.56 bits per heavy atom. The number of aromatic nitrogens is 3. The molecule has 216 valence electrons. The Balaban J connectivity index is 1.25. The Labute approximate surface area is 234 Å². The van der Waals surface area contributed by atoms with Crippen LogP contribution in [0, 0.1) is 25.6 Å². The van der Waals surface area contributed by atoms with Gasteiger partial charge in [0.1, 0.15) is 5.82 Å². The molecule has 2 aliphatic rings. The monoisotopic (exact) mass is 570 g/mol. The average molecular weight is 571 g/mol. The summed E-state index contributed by atoms with van der Waals surface area (Å²) < 4.78 is 53.9. The summed E-state index contributed by atoms with van der Waals surface area (Å²) in [5, 5.41) is 7.29. The molecule has 1 N–H and O–H groups in total. The minimum absolute atomic E-state index is 0.166. The average Bonchev–Trinajstić information content (AvgIpc) is 3.57. The number of alkyl halides is 3. The number of hydrogen-bond donors (Lipinski definition) is 1. The van der Waals surface area contributed by atoms with Crippen LogP contribution < -0.4 is 5.32 Å². The van der Waals surface area contributed by atoms with E-state index in [0.717, 1.165) is 24.4 Å². The molecule has 3 aromatic rings. The fourth-order valence-corrected chi connectivity index (χ4v) is 5.60. The van der Waals surface area contributed by atoms with Crippen molar-refractivity contribution in [2.45, 2.75) is 39.4 Å². The zero-order valence-corrected chi connectivity index (χ0v) is 22.9. The topological polar surface area (TPSA) is 83.4 Å². The van der Waals surface area contributed by atoms with Gasteiger partial charge in [0.25, 0.3) is 5.91 Å². The van der Waals surface area contributed by atoms with Crippen LogP contribution in [0.15, 0.2) is 54.4 Å². The molecule has 1 unspecified atom stereocenters. The van der Waals surface area contributed by atoms with E-state index in [0.29, 0.717) is 48.6 Å². The molecule has 5 rings (SSSR count). The smallest absolute Gasteiger partial charge is 0.349 e. The third-order valence-corrected chi connectivity index (χ3v) is 7.57. The van der Waals surface area contributed by atoms with Crippen molar-refractivity contribution in [3.63, 3.8) is 0 Å². The second-order valence-corrected chi connectivity index (χ2v) is 10.6. The zero-order valence-electron chi connectivity index (χ0n) is 22.9. The molecule has 4 heterocycles. The van der Waals surface area contributed by atoms with Crippen LogP contribution in [0.25, 0.3) is 5.82 Å². The van der Waals surface area contributed by atoms with E-state index in [1.165, 1.54) is 29.8 Å². The number of benzene rings is 1. The third kappa shape index (κ3) is 6.02. The minimum Gasteiger partial charge on any atom is -0.349 e. The van der Waals surface area contributed by atoms with Crippen molar-refractivity contribution in [1.29, 1.82) is 0 Å². The minimum atomic E-state index is -4.49. The third-order valence-electron chi connectivity index (χ3n) is 7.57. The van der Waals surface area contributed by atoms with E-state index < -0.39 is 11.7 Å². The molecule has 12 heteroatoms. The van der Waals surface area contributed by atoms with E-state index in [4.69, 9.17) is 0 Å². The molecule has 1 saturated heterocycles. The standard InChI is InChI=1S/C29H30F4N6O2/c1-17-27(18(2)39(36-17)26-8-7-23(12-34-26)29(31,32)33)28(41)38-15-21-13-37(14-22(21)16-38)10-9-25(35-19(3)40)20-5-4-6-24(30)11-20/h4-8,11-12,15,22,25H,9-10,13-14,16H2,1-3H3,(H,35,40)/t22?,25-/m0/s1. The Hall–Kier alpha value is -4.06. The molecule has 0 radical (unpaired) electrons. The van der Waals surface area contributed by atoms with Crippen LogP contribution in [0.2, 0.25) is 0 Å². The number of carbonyl (C=O) groups is 2. The number of hydrogen-bond acceptors (Lipinski definition) is 5. The lowest BCUT2D eigenvalue weighted by Crippen LogP contribution is -2.33. The van der Waals surface area contributed by atoms with Crippen LogP contribution in [-0.2, 0) is 11.0 Å². The van der Waals surface area contributed by atoms with Gasteiger partial charge in [-0.2, -0.15) is 18.3 Å². The van der Waals surface area contributed by atoms with Crippen LogP contribution >= 0.6 is 0 Å². The van der Waals surface area contributed by atoms with Crippen molar-refractivity contribution in [1.82, 2.24) is 29.9 Å². The van der Waals surface area contributed by atoms with E-state index in [1.54, 1.807) is 30.9 Å². The number of carbonyl (C=O) groups excluding carboxylic acids is 2. The predicted octanol–water partition coefficient (Wildman–Crippen LogP) is 4.58. The fourth-order valence-electron chi connectivity index (χ4n) is 5.60. The van der Waals surface area contributed by atoms with E-state index in [-0.39, 0.29) is 35.4 Å². The molecule has 1 aromatic carbocycles. The van der Waals surface area contributed by atoms with Crippen LogP contribution in [0.1, 0.15) is 52.3 Å². The van der Waals surface area contributed by atoms with Crippen LogP contribution in [0.3, 0.4) is 0 Å². The van der Waals surface area contributed by atoms with Crippen LogP contribution in [0.4, 0.5) is 17.6 Å². The van der Waals surface area contributed by atoms with Gasteiger partial charge in [-0.3, -0.25) is 14.5 Å². The van der Waals surface area contributed by atoms with Gasteiger partial charge in [0, 0.05) is 51.4 Å². The maximum atomic E-state index is 13.8. The van der Waals surface area contributed by atoms with Gasteiger partial charge in [-0.05, 0) is 55.7 Å². The number of amides is 2. The summed E-state index contributed by atoms with van der Waals surface area (Å²) >= 11 is 0. The van der Waals surface area contributed by atoms with Crippen molar-refractivity contribution in [2.24, 2.45) is 5.92 Å². The molecule has 2 amide bonds. The number of halogens is 4. The molecule has 0 saturated carbocycles. The normalized spacial score (nSPS) is 17.9. The second kappa shape index (κ2) is 11.1. The molecule has 41 heavy (non-hydrogen) atoms. The molecule has 0 bridgehead atoms. The summed E-state index contributed by atoms with van der Waals surface area (Å²) in [5.41, 5.74) is 2.35. The lowest BCUT2D eigenvalue weighted by molar-refractivity contribution is -0.137. The van der Waals surface area contributed by atoms with Gasteiger partial charge in [-0.15, -0.1) is 0 Å². The molecule has 0 spiro atoms. The second-order valence-electron chi connectivity index (χ2n) is 10.6. The van der Waals surface area contributed by atoms with Crippen LogP contribution in [-0.4, -0.2) is 62.6 Å². The fraction of sp³-hybridized carbons (Fsp3) is 0.379. The lowest BCUT2D eigenvalue weighted by atomic mass is 10.0. The summed E-state index contributed by atoms with van der Waals surface area (Å²) in [6, 6.07) is 8.10. The molecule has 8 nitrogen and oxygen atoms in total. The summed E-state index contributed by atoms with van der Waals surface area (Å²) in [5.74, 6) is -0.392. The highest BCUT2D eigenvalue weighted by Crippen LogP contribution is 2.33. The largest absolute Gasteiger partial charge is 0.417 e. The first-order chi connectivity index (χ1) is 19.4. The van der Waals surface area contributed by atoms with Crippen molar-refractivity contribution in [2.75, 3.05) is 26.2 Å². The van der Waals surface area contributed by atoms with Crippen LogP contribution in [0.5, 0.6) is 0 Å². The molecule has 2 atom stereocenters. The molecule has 2 aliphatic heterocycles. The van der Waals surface area contributed by atoms with Gasteiger partial charge >= 0.3 is 6.18 Å². The predicted molar refractivity (Wildman–Crippen MR) is 142 cm³/mol. The number of pyridine rings is 1. The summed E-state index contributed by atoms with van der Waals surface area (Å²) in [4.78, 5) is 33.1. The van der Waals surface area contributed by atoms with Crippen molar-refractivity contribution in [3.05, 3.63) is 88.3 Å². The summed E-state index contributed by atoms with van der Waals surface area (Å²) in [7, 11) is 0. The Morgan fingerprint density at radius 1 is 1.15 bits per heavy atom. The van der Waals surface area contributed by atoms with Crippen molar-refractivity contribution >= 4 is 11.8 Å². The van der Waals surface area contributed by atoms with Gasteiger partial charge in [0.15, 0.2) is 5.82 Å². The van der Waals surface area contributed by atoms with E-state index in [9.17, 15) is 27.2 Å². The molecular weight excluding hydrogens is 540 g/mol. The van der Waals surface area contributed by atoms with Crippen molar-refractivity contribution < 1.29 is 27.2 Å². The Bertz CT molecular complexity index is 1500. The number of likely N-dealkylation sites (tertiary alicyclic amines) is 1. The highest BCUT2D eigenvalue weighted by Gasteiger charge is 2.37. The summed E-state index contributed by atoms with van der Waals surface area (Å²) in [6.07, 6.45) is -1.26. The molecular formula is C29H30F4N6O2. The Kier molecular flexibility index (Phi) is 7.69. The first-order valence-corrected chi connectivity index (χ1v) is 13.3. The number of rotatable bonds is 7. The van der Waals surface area contributed by atoms with Gasteiger partial charge in [-0.1, -0.05) is 12.1 Å². The van der Waals surface area contributed by atoms with E-state index in [2.05, 4.69) is 20.3 Å². The number of nitrogens with zero attached hydrogens (tertiary/aromatic N) is 5. The molecule has 2 aromatic heterocycles. The molecule has 0 aliphatic carbocycles. The number of aryl methyl sites for hydroxylation is 1. The first-order valence-electron chi connectivity index (χ1n) is 13.3. The zero-order chi connectivity index (χ0) is 29.5. The Morgan fingerprint density at radius 2 is 1.93 bits per heavy atom. The van der Waals surface area contributed by atoms with Crippen molar-refractivity contribution in [3.8, 4) is 5.82 Å². The van der Waals surface area contributed by atoms with Gasteiger partial charge in [-0.25, -0.2) is 14.1 Å². The SMILES string of the molecule is CC(=O)N[C@@H](CCN1CC2=CN(C(=O)c3c(C)nn(-c4ccc(C(F)(F)F)cn4)c3C)CC2C1)c1cccc(F)c1. The highest BCUT2D eigenvalue weighted by atomic mass is 19.4.